The molecule has 1 atom stereocenters. The van der Waals surface area contributed by atoms with Crippen LogP contribution in [0.1, 0.15) is 85.0 Å². The van der Waals surface area contributed by atoms with Crippen molar-refractivity contribution in [3.05, 3.63) is 0 Å². The molecule has 4 nitrogen and oxygen atoms in total. The van der Waals surface area contributed by atoms with Crippen LogP contribution in [0.2, 0.25) is 0 Å². The second-order valence-corrected chi connectivity index (χ2v) is 5.48. The highest BCUT2D eigenvalue weighted by Gasteiger charge is 2.08. The lowest BCUT2D eigenvalue weighted by atomic mass is 10.0. The van der Waals surface area contributed by atoms with Gasteiger partial charge in [0.05, 0.1) is 13.0 Å². The number of unbranched alkanes of at least 4 members (excludes halogenated alkanes) is 6. The van der Waals surface area contributed by atoms with Gasteiger partial charge in [-0.3, -0.25) is 9.59 Å². The maximum absolute atomic E-state index is 10.6. The molecule has 0 saturated carbocycles. The molecule has 0 aromatic rings. The van der Waals surface area contributed by atoms with E-state index in [1.54, 1.807) is 6.92 Å². The van der Waals surface area contributed by atoms with Crippen LogP contribution in [0.15, 0.2) is 0 Å². The number of ether oxygens (including phenoxy) is 1. The van der Waals surface area contributed by atoms with Crippen molar-refractivity contribution in [1.29, 1.82) is 0 Å². The lowest BCUT2D eigenvalue weighted by Gasteiger charge is -2.04. The van der Waals surface area contributed by atoms with E-state index in [0.29, 0.717) is 6.42 Å². The fourth-order valence-corrected chi connectivity index (χ4v) is 1.80. The van der Waals surface area contributed by atoms with E-state index in [1.807, 2.05) is 0 Å². The smallest absolute Gasteiger partial charge is 0.306 e. The average molecular weight is 302 g/mol. The summed E-state index contributed by atoms with van der Waals surface area (Å²) in [6.45, 7) is 6.08. The molecule has 0 rings (SSSR count). The highest BCUT2D eigenvalue weighted by molar-refractivity contribution is 5.69. The molecule has 0 radical (unpaired) electrons. The Bertz CT molecular complexity index is 251. The van der Waals surface area contributed by atoms with E-state index in [9.17, 15) is 9.59 Å². The zero-order valence-corrected chi connectivity index (χ0v) is 14.3. The third kappa shape index (κ3) is 18.9. The summed E-state index contributed by atoms with van der Waals surface area (Å²) in [7, 11) is 1.43. The third-order valence-electron chi connectivity index (χ3n) is 3.37. The third-order valence-corrected chi connectivity index (χ3v) is 3.37. The van der Waals surface area contributed by atoms with Gasteiger partial charge in [0.25, 0.3) is 0 Å². The summed E-state index contributed by atoms with van der Waals surface area (Å²) in [5.74, 6) is -0.913. The van der Waals surface area contributed by atoms with Crippen molar-refractivity contribution in [2.75, 3.05) is 7.11 Å². The molecule has 1 unspecified atom stereocenters. The number of carbonyl (C=O) groups is 2. The number of rotatable bonds is 11. The van der Waals surface area contributed by atoms with E-state index in [-0.39, 0.29) is 11.9 Å². The van der Waals surface area contributed by atoms with E-state index in [4.69, 9.17) is 5.11 Å². The minimum absolute atomic E-state index is 0.0869. The zero-order chi connectivity index (χ0) is 16.5. The Balaban J connectivity index is 0. The van der Waals surface area contributed by atoms with Gasteiger partial charge in [-0.15, -0.1) is 0 Å². The van der Waals surface area contributed by atoms with Crippen LogP contribution in [0, 0.1) is 5.92 Å². The van der Waals surface area contributed by atoms with Gasteiger partial charge >= 0.3 is 11.9 Å². The monoisotopic (exact) mass is 302 g/mol. The highest BCUT2D eigenvalue weighted by atomic mass is 16.5. The number of carboxylic acid groups (broad SMARTS) is 1. The largest absolute Gasteiger partial charge is 0.481 e. The molecule has 0 aliphatic carbocycles. The number of methoxy groups -OCH3 is 1. The van der Waals surface area contributed by atoms with Crippen LogP contribution >= 0.6 is 0 Å². The molecule has 21 heavy (non-hydrogen) atoms. The molecule has 0 aliphatic heterocycles. The summed E-state index contributed by atoms with van der Waals surface area (Å²) < 4.78 is 4.49. The average Bonchev–Trinajstić information content (AvgIpc) is 2.48. The first kappa shape index (κ1) is 22.2. The SMILES string of the molecule is CCCCCCC(=O)OC.CCCCCCC(C)C(=O)O. The van der Waals surface area contributed by atoms with Gasteiger partial charge in [-0.25, -0.2) is 0 Å². The Hall–Kier alpha value is -1.06. The fraction of sp³-hybridized carbons (Fsp3) is 0.882. The summed E-state index contributed by atoms with van der Waals surface area (Å²) in [4.78, 5) is 20.9. The Labute approximate surface area is 130 Å². The molecular weight excluding hydrogens is 268 g/mol. The minimum atomic E-state index is -0.665. The van der Waals surface area contributed by atoms with Crippen LogP contribution in [0.4, 0.5) is 0 Å². The van der Waals surface area contributed by atoms with Crippen molar-refractivity contribution in [2.45, 2.75) is 85.0 Å². The Morgan fingerprint density at radius 3 is 1.90 bits per heavy atom. The van der Waals surface area contributed by atoms with Crippen molar-refractivity contribution < 1.29 is 19.4 Å². The summed E-state index contributed by atoms with van der Waals surface area (Å²) >= 11 is 0. The van der Waals surface area contributed by atoms with Crippen molar-refractivity contribution in [3.63, 3.8) is 0 Å². The molecule has 1 N–H and O–H groups in total. The van der Waals surface area contributed by atoms with Gasteiger partial charge in [0.2, 0.25) is 0 Å². The van der Waals surface area contributed by atoms with Crippen LogP contribution in [-0.2, 0) is 14.3 Å². The molecule has 0 aliphatic rings. The van der Waals surface area contributed by atoms with Gasteiger partial charge < -0.3 is 9.84 Å². The summed E-state index contributed by atoms with van der Waals surface area (Å²) in [5.41, 5.74) is 0. The minimum Gasteiger partial charge on any atom is -0.481 e. The molecule has 0 spiro atoms. The first-order chi connectivity index (χ1) is 9.99. The molecule has 4 heteroatoms. The van der Waals surface area contributed by atoms with Gasteiger partial charge in [0.1, 0.15) is 0 Å². The second kappa shape index (κ2) is 17.0. The van der Waals surface area contributed by atoms with Gasteiger partial charge in [-0.1, -0.05) is 65.7 Å². The Morgan fingerprint density at radius 2 is 1.48 bits per heavy atom. The second-order valence-electron chi connectivity index (χ2n) is 5.48. The number of carbonyl (C=O) groups excluding carboxylic acids is 1. The lowest BCUT2D eigenvalue weighted by molar-refractivity contribution is -0.142. The quantitative estimate of drug-likeness (QED) is 0.439. The van der Waals surface area contributed by atoms with E-state index < -0.39 is 5.97 Å². The predicted octanol–water partition coefficient (Wildman–Crippen LogP) is 4.81. The van der Waals surface area contributed by atoms with Crippen LogP contribution in [0.3, 0.4) is 0 Å². The van der Waals surface area contributed by atoms with Crippen LogP contribution in [0.25, 0.3) is 0 Å². The van der Waals surface area contributed by atoms with Crippen molar-refractivity contribution in [1.82, 2.24) is 0 Å². The molecule has 0 amide bonds. The summed E-state index contributed by atoms with van der Waals surface area (Å²) in [6, 6.07) is 0. The molecule has 0 saturated heterocycles. The molecule has 0 fully saturated rings. The van der Waals surface area contributed by atoms with Crippen molar-refractivity contribution in [2.24, 2.45) is 5.92 Å². The molecule has 0 aromatic heterocycles. The summed E-state index contributed by atoms with van der Waals surface area (Å²) in [5, 5.41) is 8.54. The highest BCUT2D eigenvalue weighted by Crippen LogP contribution is 2.09. The van der Waals surface area contributed by atoms with Crippen molar-refractivity contribution >= 4 is 11.9 Å². The molecule has 126 valence electrons. The number of hydrogen-bond donors (Lipinski definition) is 1. The molecule has 0 bridgehead atoms. The van der Waals surface area contributed by atoms with E-state index in [0.717, 1.165) is 25.7 Å². The van der Waals surface area contributed by atoms with Crippen LogP contribution in [-0.4, -0.2) is 24.2 Å². The van der Waals surface area contributed by atoms with Gasteiger partial charge in [0.15, 0.2) is 0 Å². The topological polar surface area (TPSA) is 63.6 Å². The standard InChI is InChI=1S/C9H18O2.C8H16O2/c1-3-4-5-6-7-8(2)9(10)11;1-3-4-5-6-7-8(9)10-2/h8H,3-7H2,1-2H3,(H,10,11);3-7H2,1-2H3. The number of carboxylic acids is 1. The molecule has 0 aromatic carbocycles. The number of esters is 1. The maximum atomic E-state index is 10.6. The van der Waals surface area contributed by atoms with Crippen molar-refractivity contribution in [3.8, 4) is 0 Å². The maximum Gasteiger partial charge on any atom is 0.306 e. The first-order valence-electron chi connectivity index (χ1n) is 8.29. The number of hydrogen-bond acceptors (Lipinski definition) is 3. The fourth-order valence-electron chi connectivity index (χ4n) is 1.80. The lowest BCUT2D eigenvalue weighted by Crippen LogP contribution is -2.08. The van der Waals surface area contributed by atoms with Gasteiger partial charge in [-0.05, 0) is 12.8 Å². The number of aliphatic carboxylic acids is 1. The van der Waals surface area contributed by atoms with E-state index in [2.05, 4.69) is 18.6 Å². The zero-order valence-electron chi connectivity index (χ0n) is 14.3. The molecular formula is C17H34O4. The molecule has 0 heterocycles. The van der Waals surface area contributed by atoms with E-state index in [1.165, 1.54) is 39.2 Å². The predicted molar refractivity (Wildman–Crippen MR) is 86.3 cm³/mol. The first-order valence-corrected chi connectivity index (χ1v) is 8.29. The van der Waals surface area contributed by atoms with Crippen LogP contribution < -0.4 is 0 Å². The normalized spacial score (nSPS) is 11.2. The van der Waals surface area contributed by atoms with Gasteiger partial charge in [-0.2, -0.15) is 0 Å². The van der Waals surface area contributed by atoms with Crippen LogP contribution in [0.5, 0.6) is 0 Å². The summed E-state index contributed by atoms with van der Waals surface area (Å²) in [6.07, 6.45) is 10.6. The Kier molecular flexibility index (Phi) is 18.0. The van der Waals surface area contributed by atoms with Gasteiger partial charge in [0, 0.05) is 6.42 Å². The Morgan fingerprint density at radius 1 is 0.952 bits per heavy atom. The van der Waals surface area contributed by atoms with E-state index >= 15 is 0 Å².